The Labute approximate surface area is 193 Å². The van der Waals surface area contributed by atoms with Gasteiger partial charge in [-0.05, 0) is 30.7 Å². The molecular formula is C23H29N7O3. The second-order valence-electron chi connectivity index (χ2n) is 8.33. The van der Waals surface area contributed by atoms with Gasteiger partial charge in [0.05, 0.1) is 13.0 Å². The van der Waals surface area contributed by atoms with Gasteiger partial charge in [0.2, 0.25) is 23.7 Å². The van der Waals surface area contributed by atoms with Crippen molar-refractivity contribution in [2.45, 2.75) is 19.4 Å². The average Bonchev–Trinajstić information content (AvgIpc) is 2.81. The lowest BCUT2D eigenvalue weighted by Gasteiger charge is -2.38. The Morgan fingerprint density at radius 3 is 2.58 bits per heavy atom. The highest BCUT2D eigenvalue weighted by Crippen LogP contribution is 2.15. The van der Waals surface area contributed by atoms with Crippen LogP contribution in [0.2, 0.25) is 0 Å². The van der Waals surface area contributed by atoms with Gasteiger partial charge in [-0.25, -0.2) is 9.97 Å². The number of aromatic nitrogens is 2. The van der Waals surface area contributed by atoms with Gasteiger partial charge in [0.15, 0.2) is 0 Å². The number of hydrogen-bond acceptors (Lipinski definition) is 7. The van der Waals surface area contributed by atoms with Crippen LogP contribution in [0.3, 0.4) is 0 Å². The van der Waals surface area contributed by atoms with E-state index >= 15 is 0 Å². The number of piperazine rings is 2. The van der Waals surface area contributed by atoms with E-state index in [2.05, 4.69) is 30.4 Å². The van der Waals surface area contributed by atoms with E-state index in [1.165, 1.54) is 0 Å². The van der Waals surface area contributed by atoms with Crippen molar-refractivity contribution in [1.82, 2.24) is 25.1 Å². The summed E-state index contributed by atoms with van der Waals surface area (Å²) >= 11 is 0. The molecule has 10 heteroatoms. The van der Waals surface area contributed by atoms with Gasteiger partial charge < -0.3 is 20.4 Å². The highest BCUT2D eigenvalue weighted by molar-refractivity contribution is 5.97. The maximum absolute atomic E-state index is 13.1. The Hall–Kier alpha value is -3.53. The quantitative estimate of drug-likeness (QED) is 0.648. The third kappa shape index (κ3) is 5.83. The number of benzene rings is 1. The molecule has 0 aliphatic carbocycles. The molecule has 3 amide bonds. The lowest BCUT2D eigenvalue weighted by molar-refractivity contribution is -0.145. The van der Waals surface area contributed by atoms with Crippen LogP contribution in [0.15, 0.2) is 42.7 Å². The second-order valence-corrected chi connectivity index (χ2v) is 8.33. The molecule has 0 saturated carbocycles. The molecule has 2 saturated heterocycles. The Morgan fingerprint density at radius 1 is 1.09 bits per heavy atom. The number of nitrogens with one attached hydrogen (secondary N) is 2. The molecule has 3 heterocycles. The Morgan fingerprint density at radius 2 is 1.85 bits per heavy atom. The lowest BCUT2D eigenvalue weighted by Crippen LogP contribution is -2.60. The molecule has 0 bridgehead atoms. The molecule has 1 atom stereocenters. The number of nitrogens with zero attached hydrogens (tertiary/aromatic N) is 5. The van der Waals surface area contributed by atoms with Crippen LogP contribution in [0.25, 0.3) is 0 Å². The molecule has 33 heavy (non-hydrogen) atoms. The summed E-state index contributed by atoms with van der Waals surface area (Å²) in [6, 6.07) is 8.44. The van der Waals surface area contributed by atoms with E-state index in [1.807, 2.05) is 25.1 Å². The van der Waals surface area contributed by atoms with E-state index in [4.69, 9.17) is 0 Å². The third-order valence-electron chi connectivity index (χ3n) is 5.90. The number of carbonyl (C=O) groups is 3. The molecule has 2 aromatic rings. The lowest BCUT2D eigenvalue weighted by atomic mass is 10.1. The number of amides is 3. The molecule has 10 nitrogen and oxygen atoms in total. The van der Waals surface area contributed by atoms with E-state index in [1.54, 1.807) is 29.4 Å². The van der Waals surface area contributed by atoms with Crippen LogP contribution in [0, 0.1) is 6.92 Å². The van der Waals surface area contributed by atoms with Crippen LogP contribution in [-0.2, 0) is 14.4 Å². The molecule has 1 aromatic heterocycles. The number of carbonyl (C=O) groups excluding carboxylic acids is 3. The molecule has 1 aromatic carbocycles. The zero-order valence-electron chi connectivity index (χ0n) is 18.7. The van der Waals surface area contributed by atoms with Crippen molar-refractivity contribution in [2.24, 2.45) is 0 Å². The fourth-order valence-corrected chi connectivity index (χ4v) is 4.17. The van der Waals surface area contributed by atoms with E-state index < -0.39 is 6.04 Å². The predicted octanol–water partition coefficient (Wildman–Crippen LogP) is 0.263. The Balaban J connectivity index is 1.32. The van der Waals surface area contributed by atoms with Crippen molar-refractivity contribution in [1.29, 1.82) is 0 Å². The summed E-state index contributed by atoms with van der Waals surface area (Å²) in [5.41, 5.74) is 1.70. The van der Waals surface area contributed by atoms with Crippen LogP contribution >= 0.6 is 0 Å². The highest BCUT2D eigenvalue weighted by atomic mass is 16.2. The maximum Gasteiger partial charge on any atom is 0.243 e. The predicted molar refractivity (Wildman–Crippen MR) is 124 cm³/mol. The summed E-state index contributed by atoms with van der Waals surface area (Å²) in [5.74, 6) is -0.0320. The van der Waals surface area contributed by atoms with Gasteiger partial charge in [-0.3, -0.25) is 19.3 Å². The zero-order valence-corrected chi connectivity index (χ0v) is 18.7. The van der Waals surface area contributed by atoms with Crippen molar-refractivity contribution in [2.75, 3.05) is 56.0 Å². The first kappa shape index (κ1) is 22.7. The molecule has 1 unspecified atom stereocenters. The molecular weight excluding hydrogens is 422 g/mol. The van der Waals surface area contributed by atoms with Crippen LogP contribution in [-0.4, -0.2) is 89.3 Å². The minimum absolute atomic E-state index is 0.0787. The smallest absolute Gasteiger partial charge is 0.243 e. The third-order valence-corrected chi connectivity index (χ3v) is 5.90. The molecule has 0 spiro atoms. The molecule has 0 radical (unpaired) electrons. The van der Waals surface area contributed by atoms with E-state index in [9.17, 15) is 14.4 Å². The van der Waals surface area contributed by atoms with Gasteiger partial charge in [0, 0.05) is 57.3 Å². The minimum Gasteiger partial charge on any atom is -0.353 e. The molecule has 2 fully saturated rings. The first-order valence-electron chi connectivity index (χ1n) is 11.2. The SMILES string of the molecule is Cc1cccc(NC(=O)CC2C(=O)NCCN2C(=O)CN2CCN(c3ncccn3)CC2)c1. The number of anilines is 2. The minimum atomic E-state index is -0.810. The normalized spacial score (nSPS) is 19.2. The van der Waals surface area contributed by atoms with Gasteiger partial charge in [0.25, 0.3) is 0 Å². The molecule has 2 aliphatic rings. The van der Waals surface area contributed by atoms with Gasteiger partial charge in [-0.1, -0.05) is 12.1 Å². The fraction of sp³-hybridized carbons (Fsp3) is 0.435. The van der Waals surface area contributed by atoms with Gasteiger partial charge >= 0.3 is 0 Å². The molecule has 174 valence electrons. The summed E-state index contributed by atoms with van der Waals surface area (Å²) in [4.78, 5) is 52.5. The molecule has 4 rings (SSSR count). The summed E-state index contributed by atoms with van der Waals surface area (Å²) < 4.78 is 0. The van der Waals surface area contributed by atoms with Crippen LogP contribution < -0.4 is 15.5 Å². The molecule has 2 aliphatic heterocycles. The standard InChI is InChI=1S/C23H29N7O3/c1-17-4-2-5-18(14-17)27-20(31)15-19-22(33)24-8-9-30(19)21(32)16-28-10-12-29(13-11-28)23-25-6-3-7-26-23/h2-7,14,19H,8-13,15-16H2,1H3,(H,24,33)(H,27,31). The Kier molecular flexibility index (Phi) is 7.13. The van der Waals surface area contributed by atoms with Crippen molar-refractivity contribution in [3.63, 3.8) is 0 Å². The van der Waals surface area contributed by atoms with Gasteiger partial charge in [0.1, 0.15) is 6.04 Å². The van der Waals surface area contributed by atoms with Gasteiger partial charge in [-0.2, -0.15) is 0 Å². The summed E-state index contributed by atoms with van der Waals surface area (Å²) in [6.07, 6.45) is 3.36. The van der Waals surface area contributed by atoms with Crippen molar-refractivity contribution < 1.29 is 14.4 Å². The van der Waals surface area contributed by atoms with E-state index in [-0.39, 0.29) is 30.7 Å². The summed E-state index contributed by atoms with van der Waals surface area (Å²) in [5, 5.41) is 5.60. The van der Waals surface area contributed by atoms with Crippen LogP contribution in [0.5, 0.6) is 0 Å². The monoisotopic (exact) mass is 451 g/mol. The van der Waals surface area contributed by atoms with Crippen molar-refractivity contribution >= 4 is 29.4 Å². The second kappa shape index (κ2) is 10.4. The first-order valence-corrected chi connectivity index (χ1v) is 11.2. The first-order chi connectivity index (χ1) is 16.0. The number of aryl methyl sites for hydroxylation is 1. The van der Waals surface area contributed by atoms with Crippen LogP contribution in [0.4, 0.5) is 11.6 Å². The number of hydrogen-bond donors (Lipinski definition) is 2. The van der Waals surface area contributed by atoms with E-state index in [0.717, 1.165) is 18.7 Å². The van der Waals surface area contributed by atoms with Crippen molar-refractivity contribution in [3.8, 4) is 0 Å². The average molecular weight is 452 g/mol. The highest BCUT2D eigenvalue weighted by Gasteiger charge is 2.35. The number of rotatable bonds is 6. The largest absolute Gasteiger partial charge is 0.353 e. The zero-order chi connectivity index (χ0) is 23.2. The van der Waals surface area contributed by atoms with Crippen molar-refractivity contribution in [3.05, 3.63) is 48.3 Å². The fourth-order valence-electron chi connectivity index (χ4n) is 4.17. The Bertz CT molecular complexity index is 993. The van der Waals surface area contributed by atoms with Crippen LogP contribution in [0.1, 0.15) is 12.0 Å². The molecule has 2 N–H and O–H groups in total. The topological polar surface area (TPSA) is 111 Å². The summed E-state index contributed by atoms with van der Waals surface area (Å²) in [6.45, 7) is 5.78. The maximum atomic E-state index is 13.1. The van der Waals surface area contributed by atoms with E-state index in [0.29, 0.717) is 37.8 Å². The summed E-state index contributed by atoms with van der Waals surface area (Å²) in [7, 11) is 0. The van der Waals surface area contributed by atoms with Gasteiger partial charge in [-0.15, -0.1) is 0 Å².